The molecular weight excluding hydrogens is 388 g/mol. The molecule has 0 N–H and O–H groups in total. The van der Waals surface area contributed by atoms with E-state index in [2.05, 4.69) is 4.90 Å². The quantitative estimate of drug-likeness (QED) is 0.730. The number of sulfonamides is 1. The van der Waals surface area contributed by atoms with E-state index in [1.807, 2.05) is 6.92 Å². The maximum absolute atomic E-state index is 13.4. The number of carbonyl (C=O) groups is 1. The number of amides is 1. The molecule has 6 nitrogen and oxygen atoms in total. The van der Waals surface area contributed by atoms with Gasteiger partial charge in [0.25, 0.3) is 0 Å². The third kappa shape index (κ3) is 3.91. The van der Waals surface area contributed by atoms with Crippen LogP contribution in [0.1, 0.15) is 64.7 Å². The van der Waals surface area contributed by atoms with Crippen LogP contribution >= 0.6 is 0 Å². The Labute approximate surface area is 174 Å². The fourth-order valence-electron chi connectivity index (χ4n) is 5.51. The Balaban J connectivity index is 1.62. The molecule has 1 saturated heterocycles. The van der Waals surface area contributed by atoms with Gasteiger partial charge < -0.3 is 9.64 Å². The Hall–Kier alpha value is -1.60. The van der Waals surface area contributed by atoms with Crippen LogP contribution in [-0.4, -0.2) is 54.8 Å². The molecule has 0 unspecified atom stereocenters. The van der Waals surface area contributed by atoms with Gasteiger partial charge in [0.15, 0.2) is 0 Å². The Morgan fingerprint density at radius 3 is 2.31 bits per heavy atom. The van der Waals surface area contributed by atoms with Gasteiger partial charge in [-0.15, -0.1) is 0 Å². The van der Waals surface area contributed by atoms with E-state index in [0.29, 0.717) is 18.9 Å². The van der Waals surface area contributed by atoms with Gasteiger partial charge >= 0.3 is 0 Å². The van der Waals surface area contributed by atoms with Crippen molar-refractivity contribution in [3.05, 3.63) is 24.3 Å². The minimum Gasteiger partial charge on any atom is -0.494 e. The number of nitrogens with zero attached hydrogens (tertiary/aromatic N) is 2. The van der Waals surface area contributed by atoms with E-state index in [9.17, 15) is 13.2 Å². The van der Waals surface area contributed by atoms with E-state index in [-0.39, 0.29) is 28.9 Å². The molecule has 1 spiro atoms. The highest BCUT2D eigenvalue weighted by Crippen LogP contribution is 2.42. The standard InChI is InChI=1S/C22H32N2O4S/c1-2-28-19-10-12-20(13-11-19)29(26,27)23-16-21(25)24(18-8-4-5-9-18)22(17-23)14-6-3-7-15-22/h10-13,18H,2-9,14-17H2,1H3. The second-order valence-corrected chi connectivity index (χ2v) is 10.6. The molecule has 4 rings (SSSR count). The molecule has 3 fully saturated rings. The number of piperazine rings is 1. The minimum absolute atomic E-state index is 0.0143. The fourth-order valence-corrected chi connectivity index (χ4v) is 6.98. The van der Waals surface area contributed by atoms with Crippen LogP contribution in [0.5, 0.6) is 5.75 Å². The summed E-state index contributed by atoms with van der Waals surface area (Å²) in [5.74, 6) is 0.636. The topological polar surface area (TPSA) is 66.9 Å². The van der Waals surface area contributed by atoms with Crippen molar-refractivity contribution in [1.82, 2.24) is 9.21 Å². The van der Waals surface area contributed by atoms with Crippen molar-refractivity contribution in [2.75, 3.05) is 19.7 Å². The molecule has 1 aliphatic heterocycles. The van der Waals surface area contributed by atoms with Gasteiger partial charge in [-0.1, -0.05) is 32.1 Å². The summed E-state index contributed by atoms with van der Waals surface area (Å²) in [7, 11) is -3.72. The molecule has 3 aliphatic rings. The second kappa shape index (κ2) is 8.26. The number of hydrogen-bond acceptors (Lipinski definition) is 4. The van der Waals surface area contributed by atoms with Gasteiger partial charge in [-0.3, -0.25) is 4.79 Å². The molecule has 1 heterocycles. The van der Waals surface area contributed by atoms with Gasteiger partial charge in [-0.2, -0.15) is 4.31 Å². The SMILES string of the molecule is CCOc1ccc(S(=O)(=O)N2CC(=O)N(C3CCCC3)C3(CCCCC3)C2)cc1. The highest BCUT2D eigenvalue weighted by Gasteiger charge is 2.51. The zero-order valence-corrected chi connectivity index (χ0v) is 18.1. The van der Waals surface area contributed by atoms with Crippen molar-refractivity contribution >= 4 is 15.9 Å². The summed E-state index contributed by atoms with van der Waals surface area (Å²) < 4.78 is 33.6. The average Bonchev–Trinajstić information content (AvgIpc) is 3.23. The van der Waals surface area contributed by atoms with Crippen LogP contribution in [0.15, 0.2) is 29.2 Å². The van der Waals surface area contributed by atoms with Crippen LogP contribution in [0, 0.1) is 0 Å². The van der Waals surface area contributed by atoms with Crippen molar-refractivity contribution < 1.29 is 17.9 Å². The highest BCUT2D eigenvalue weighted by molar-refractivity contribution is 7.89. The van der Waals surface area contributed by atoms with E-state index in [1.54, 1.807) is 24.3 Å². The van der Waals surface area contributed by atoms with Crippen LogP contribution in [0.2, 0.25) is 0 Å². The van der Waals surface area contributed by atoms with Crippen molar-refractivity contribution in [2.45, 2.75) is 81.2 Å². The lowest BCUT2D eigenvalue weighted by Crippen LogP contribution is -2.68. The Morgan fingerprint density at radius 1 is 1.03 bits per heavy atom. The van der Waals surface area contributed by atoms with Crippen LogP contribution in [0.3, 0.4) is 0 Å². The zero-order chi connectivity index (χ0) is 20.5. The summed E-state index contributed by atoms with van der Waals surface area (Å²) in [5.41, 5.74) is -0.332. The molecule has 29 heavy (non-hydrogen) atoms. The molecule has 2 saturated carbocycles. The molecule has 0 radical (unpaired) electrons. The summed E-state index contributed by atoms with van der Waals surface area (Å²) in [5, 5.41) is 0. The van der Waals surface area contributed by atoms with E-state index in [1.165, 1.54) is 23.6 Å². The van der Waals surface area contributed by atoms with Gasteiger partial charge in [0.1, 0.15) is 5.75 Å². The third-order valence-electron chi connectivity index (χ3n) is 6.81. The van der Waals surface area contributed by atoms with Crippen LogP contribution < -0.4 is 4.74 Å². The minimum atomic E-state index is -3.72. The van der Waals surface area contributed by atoms with Crippen LogP contribution in [0.4, 0.5) is 0 Å². The molecule has 1 aromatic carbocycles. The number of ether oxygens (including phenoxy) is 1. The molecule has 7 heteroatoms. The summed E-state index contributed by atoms with van der Waals surface area (Å²) >= 11 is 0. The smallest absolute Gasteiger partial charge is 0.243 e. The summed E-state index contributed by atoms with van der Waals surface area (Å²) in [4.78, 5) is 15.6. The normalized spacial score (nSPS) is 23.6. The second-order valence-electron chi connectivity index (χ2n) is 8.66. The van der Waals surface area contributed by atoms with Crippen molar-refractivity contribution in [1.29, 1.82) is 0 Å². The third-order valence-corrected chi connectivity index (χ3v) is 8.61. The number of hydrogen-bond donors (Lipinski definition) is 0. The summed E-state index contributed by atoms with van der Waals surface area (Å²) in [6, 6.07) is 6.83. The van der Waals surface area contributed by atoms with Gasteiger partial charge in [-0.25, -0.2) is 8.42 Å². The number of rotatable bonds is 5. The first-order chi connectivity index (χ1) is 14.0. The van der Waals surface area contributed by atoms with Crippen molar-refractivity contribution in [3.63, 3.8) is 0 Å². The Bertz CT molecular complexity index is 825. The lowest BCUT2D eigenvalue weighted by atomic mass is 9.78. The van der Waals surface area contributed by atoms with Gasteiger partial charge in [-0.05, 0) is 56.9 Å². The van der Waals surface area contributed by atoms with E-state index < -0.39 is 10.0 Å². The fraction of sp³-hybridized carbons (Fsp3) is 0.682. The Kier molecular flexibility index (Phi) is 5.89. The van der Waals surface area contributed by atoms with Crippen molar-refractivity contribution in [3.8, 4) is 5.75 Å². The van der Waals surface area contributed by atoms with E-state index >= 15 is 0 Å². The predicted molar refractivity (Wildman–Crippen MR) is 111 cm³/mol. The molecule has 1 aromatic rings. The lowest BCUT2D eigenvalue weighted by Gasteiger charge is -2.54. The first-order valence-corrected chi connectivity index (χ1v) is 12.5. The zero-order valence-electron chi connectivity index (χ0n) is 17.3. The average molecular weight is 421 g/mol. The largest absolute Gasteiger partial charge is 0.494 e. The monoisotopic (exact) mass is 420 g/mol. The van der Waals surface area contributed by atoms with Crippen molar-refractivity contribution in [2.24, 2.45) is 0 Å². The lowest BCUT2D eigenvalue weighted by molar-refractivity contribution is -0.150. The van der Waals surface area contributed by atoms with Crippen LogP contribution in [-0.2, 0) is 14.8 Å². The molecule has 1 amide bonds. The molecule has 0 atom stereocenters. The number of carbonyl (C=O) groups excluding carboxylic acids is 1. The molecule has 160 valence electrons. The molecular formula is C22H32N2O4S. The molecule has 2 aliphatic carbocycles. The summed E-state index contributed by atoms with van der Waals surface area (Å²) in [6.45, 7) is 2.80. The maximum atomic E-state index is 13.4. The van der Waals surface area contributed by atoms with Gasteiger partial charge in [0.2, 0.25) is 15.9 Å². The highest BCUT2D eigenvalue weighted by atomic mass is 32.2. The van der Waals surface area contributed by atoms with Gasteiger partial charge in [0.05, 0.1) is 23.6 Å². The maximum Gasteiger partial charge on any atom is 0.243 e. The van der Waals surface area contributed by atoms with E-state index in [0.717, 1.165) is 38.5 Å². The first kappa shape index (κ1) is 20.7. The van der Waals surface area contributed by atoms with Gasteiger partial charge in [0, 0.05) is 12.6 Å². The summed E-state index contributed by atoms with van der Waals surface area (Å²) in [6.07, 6.45) is 9.55. The van der Waals surface area contributed by atoms with E-state index in [4.69, 9.17) is 4.74 Å². The first-order valence-electron chi connectivity index (χ1n) is 11.0. The molecule has 0 bridgehead atoms. The molecule has 0 aromatic heterocycles. The Morgan fingerprint density at radius 2 is 1.69 bits per heavy atom. The predicted octanol–water partition coefficient (Wildman–Crippen LogP) is 3.56. The number of benzene rings is 1. The van der Waals surface area contributed by atoms with Crippen LogP contribution in [0.25, 0.3) is 0 Å².